The number of rotatable bonds is 3. The van der Waals surface area contributed by atoms with Crippen LogP contribution in [-0.4, -0.2) is 35.1 Å². The summed E-state index contributed by atoms with van der Waals surface area (Å²) < 4.78 is 0. The summed E-state index contributed by atoms with van der Waals surface area (Å²) in [5.74, 6) is 0. The topological polar surface area (TPSA) is 28.2 Å². The first kappa shape index (κ1) is 12.5. The summed E-state index contributed by atoms with van der Waals surface area (Å²) in [6, 6.07) is 4.65. The van der Waals surface area contributed by atoms with Gasteiger partial charge in [-0.3, -0.25) is 9.88 Å². The van der Waals surface area contributed by atoms with Crippen LogP contribution in [0.4, 0.5) is 0 Å². The Morgan fingerprint density at radius 1 is 1.59 bits per heavy atom. The highest BCUT2D eigenvalue weighted by Gasteiger charge is 2.31. The molecule has 2 unspecified atom stereocenters. The van der Waals surface area contributed by atoms with Crippen molar-refractivity contribution in [3.05, 3.63) is 30.1 Å². The quantitative estimate of drug-likeness (QED) is 0.867. The summed E-state index contributed by atoms with van der Waals surface area (Å²) in [5.41, 5.74) is 1.57. The number of hydrogen-bond donors (Lipinski definition) is 1. The molecule has 2 rings (SSSR count). The molecule has 1 aliphatic rings. The Labute approximate surface area is 104 Å². The highest BCUT2D eigenvalue weighted by molar-refractivity contribution is 5.13. The molecule has 1 N–H and O–H groups in total. The lowest BCUT2D eigenvalue weighted by Crippen LogP contribution is -2.58. The molecule has 1 aromatic rings. The Hall–Kier alpha value is -0.930. The van der Waals surface area contributed by atoms with Gasteiger partial charge in [0.05, 0.1) is 0 Å². The largest absolute Gasteiger partial charge is 0.309 e. The van der Waals surface area contributed by atoms with Crippen LogP contribution in [0.25, 0.3) is 0 Å². The van der Waals surface area contributed by atoms with E-state index in [1.54, 1.807) is 0 Å². The van der Waals surface area contributed by atoms with E-state index in [0.717, 1.165) is 19.6 Å². The van der Waals surface area contributed by atoms with Gasteiger partial charge >= 0.3 is 0 Å². The van der Waals surface area contributed by atoms with Crippen molar-refractivity contribution >= 4 is 0 Å². The maximum absolute atomic E-state index is 4.21. The third-order valence-corrected chi connectivity index (χ3v) is 4.00. The second-order valence-electron chi connectivity index (χ2n) is 5.27. The number of pyridine rings is 1. The molecular weight excluding hydrogens is 210 g/mol. The molecule has 0 saturated carbocycles. The Balaban J connectivity index is 2.07. The van der Waals surface area contributed by atoms with Crippen molar-refractivity contribution < 1.29 is 0 Å². The van der Waals surface area contributed by atoms with Crippen molar-refractivity contribution in [2.45, 2.75) is 38.8 Å². The molecule has 0 aromatic carbocycles. The molecule has 1 aliphatic heterocycles. The predicted molar refractivity (Wildman–Crippen MR) is 70.9 cm³/mol. The van der Waals surface area contributed by atoms with Gasteiger partial charge in [-0.05, 0) is 31.9 Å². The average Bonchev–Trinajstić information content (AvgIpc) is 2.39. The lowest BCUT2D eigenvalue weighted by atomic mass is 9.94. The molecule has 0 aliphatic carbocycles. The van der Waals surface area contributed by atoms with Crippen LogP contribution >= 0.6 is 0 Å². The van der Waals surface area contributed by atoms with Crippen LogP contribution in [0, 0.1) is 0 Å². The van der Waals surface area contributed by atoms with Crippen LogP contribution in [0.5, 0.6) is 0 Å². The van der Waals surface area contributed by atoms with Gasteiger partial charge < -0.3 is 5.32 Å². The standard InChI is InChI=1S/C14H23N3/c1-4-14(3)11-17(9-8-16-14)12(2)13-6-5-7-15-10-13/h5-7,10,12,16H,4,8-9,11H2,1-3H3. The number of aromatic nitrogens is 1. The molecule has 1 aromatic heterocycles. The van der Waals surface area contributed by atoms with Gasteiger partial charge in [0.2, 0.25) is 0 Å². The first-order chi connectivity index (χ1) is 8.14. The lowest BCUT2D eigenvalue weighted by molar-refractivity contribution is 0.105. The lowest BCUT2D eigenvalue weighted by Gasteiger charge is -2.43. The van der Waals surface area contributed by atoms with Crippen LogP contribution in [0.3, 0.4) is 0 Å². The Morgan fingerprint density at radius 3 is 3.06 bits per heavy atom. The molecule has 2 heterocycles. The van der Waals surface area contributed by atoms with Crippen LogP contribution in [0.2, 0.25) is 0 Å². The fraction of sp³-hybridized carbons (Fsp3) is 0.643. The minimum Gasteiger partial charge on any atom is -0.309 e. The molecule has 1 fully saturated rings. The Kier molecular flexibility index (Phi) is 3.79. The molecule has 0 radical (unpaired) electrons. The van der Waals surface area contributed by atoms with Crippen molar-refractivity contribution in [1.82, 2.24) is 15.2 Å². The van der Waals surface area contributed by atoms with E-state index in [4.69, 9.17) is 0 Å². The number of piperazine rings is 1. The maximum atomic E-state index is 4.21. The van der Waals surface area contributed by atoms with Gasteiger partial charge in [0, 0.05) is 43.6 Å². The molecule has 1 saturated heterocycles. The zero-order valence-corrected chi connectivity index (χ0v) is 11.1. The van der Waals surface area contributed by atoms with E-state index in [2.05, 4.69) is 42.0 Å². The van der Waals surface area contributed by atoms with E-state index in [1.807, 2.05) is 18.5 Å². The molecule has 0 amide bonds. The van der Waals surface area contributed by atoms with Crippen LogP contribution in [-0.2, 0) is 0 Å². The second-order valence-corrected chi connectivity index (χ2v) is 5.27. The minimum absolute atomic E-state index is 0.259. The smallest absolute Gasteiger partial charge is 0.0336 e. The van der Waals surface area contributed by atoms with Crippen molar-refractivity contribution in [3.8, 4) is 0 Å². The molecule has 17 heavy (non-hydrogen) atoms. The molecule has 94 valence electrons. The van der Waals surface area contributed by atoms with Crippen LogP contribution < -0.4 is 5.32 Å². The number of nitrogens with zero attached hydrogens (tertiary/aromatic N) is 2. The number of nitrogens with one attached hydrogen (secondary N) is 1. The van der Waals surface area contributed by atoms with Crippen molar-refractivity contribution in [2.75, 3.05) is 19.6 Å². The van der Waals surface area contributed by atoms with Crippen molar-refractivity contribution in [3.63, 3.8) is 0 Å². The highest BCUT2D eigenvalue weighted by atomic mass is 15.2. The molecule has 0 bridgehead atoms. The zero-order chi connectivity index (χ0) is 12.3. The summed E-state index contributed by atoms with van der Waals surface area (Å²) in [6.07, 6.45) is 4.99. The van der Waals surface area contributed by atoms with E-state index in [0.29, 0.717) is 6.04 Å². The van der Waals surface area contributed by atoms with E-state index < -0.39 is 0 Å². The van der Waals surface area contributed by atoms with Gasteiger partial charge in [-0.25, -0.2) is 0 Å². The van der Waals surface area contributed by atoms with Crippen LogP contribution in [0.15, 0.2) is 24.5 Å². The minimum atomic E-state index is 0.259. The van der Waals surface area contributed by atoms with E-state index in [-0.39, 0.29) is 5.54 Å². The Bertz CT molecular complexity index is 352. The monoisotopic (exact) mass is 233 g/mol. The second kappa shape index (κ2) is 5.15. The first-order valence-electron chi connectivity index (χ1n) is 6.53. The molecule has 0 spiro atoms. The normalized spacial score (nSPS) is 27.9. The van der Waals surface area contributed by atoms with E-state index in [9.17, 15) is 0 Å². The van der Waals surface area contributed by atoms with E-state index in [1.165, 1.54) is 12.0 Å². The summed E-state index contributed by atoms with van der Waals surface area (Å²) in [7, 11) is 0. The molecule has 3 nitrogen and oxygen atoms in total. The average molecular weight is 233 g/mol. The summed E-state index contributed by atoms with van der Waals surface area (Å²) >= 11 is 0. The van der Waals surface area contributed by atoms with E-state index >= 15 is 0 Å². The third kappa shape index (κ3) is 2.85. The summed E-state index contributed by atoms with van der Waals surface area (Å²) in [4.78, 5) is 6.77. The zero-order valence-electron chi connectivity index (χ0n) is 11.1. The van der Waals surface area contributed by atoms with Gasteiger partial charge in [0.25, 0.3) is 0 Å². The maximum Gasteiger partial charge on any atom is 0.0336 e. The van der Waals surface area contributed by atoms with Gasteiger partial charge in [0.15, 0.2) is 0 Å². The molecule has 2 atom stereocenters. The molecule has 3 heteroatoms. The third-order valence-electron chi connectivity index (χ3n) is 4.00. The summed E-state index contributed by atoms with van der Waals surface area (Å²) in [5, 5.41) is 3.62. The van der Waals surface area contributed by atoms with Gasteiger partial charge in [-0.15, -0.1) is 0 Å². The van der Waals surface area contributed by atoms with Gasteiger partial charge in [0.1, 0.15) is 0 Å². The fourth-order valence-corrected chi connectivity index (χ4v) is 2.49. The Morgan fingerprint density at radius 2 is 2.41 bits per heavy atom. The van der Waals surface area contributed by atoms with Gasteiger partial charge in [-0.1, -0.05) is 13.0 Å². The molecular formula is C14H23N3. The fourth-order valence-electron chi connectivity index (χ4n) is 2.49. The van der Waals surface area contributed by atoms with Gasteiger partial charge in [-0.2, -0.15) is 0 Å². The van der Waals surface area contributed by atoms with Crippen LogP contribution in [0.1, 0.15) is 38.8 Å². The SMILES string of the molecule is CCC1(C)CN(C(C)c2cccnc2)CCN1. The first-order valence-corrected chi connectivity index (χ1v) is 6.53. The van der Waals surface area contributed by atoms with Crippen molar-refractivity contribution in [2.24, 2.45) is 0 Å². The number of hydrogen-bond acceptors (Lipinski definition) is 3. The predicted octanol–water partition coefficient (Wildman–Crippen LogP) is 2.22. The highest BCUT2D eigenvalue weighted by Crippen LogP contribution is 2.24. The summed E-state index contributed by atoms with van der Waals surface area (Å²) in [6.45, 7) is 10.2. The van der Waals surface area contributed by atoms with Crippen molar-refractivity contribution in [1.29, 1.82) is 0 Å².